The SMILES string of the molecule is Cc1cccc(CNC(C)c2ccc3ccccc3c2)c1. The maximum Gasteiger partial charge on any atom is 0.0295 e. The molecule has 0 aliphatic heterocycles. The summed E-state index contributed by atoms with van der Waals surface area (Å²) in [5, 5.41) is 6.21. The third-order valence-electron chi connectivity index (χ3n) is 3.97. The molecule has 0 heterocycles. The fourth-order valence-electron chi connectivity index (χ4n) is 2.69. The monoisotopic (exact) mass is 275 g/mol. The number of fused-ring (bicyclic) bond motifs is 1. The second kappa shape index (κ2) is 6.11. The van der Waals surface area contributed by atoms with E-state index in [4.69, 9.17) is 0 Å². The van der Waals surface area contributed by atoms with Gasteiger partial charge in [0.05, 0.1) is 0 Å². The number of benzene rings is 3. The van der Waals surface area contributed by atoms with Gasteiger partial charge in [-0.25, -0.2) is 0 Å². The lowest BCUT2D eigenvalue weighted by molar-refractivity contribution is 0.575. The van der Waals surface area contributed by atoms with Gasteiger partial charge in [-0.2, -0.15) is 0 Å². The molecule has 0 radical (unpaired) electrons. The van der Waals surface area contributed by atoms with E-state index in [1.807, 2.05) is 0 Å². The topological polar surface area (TPSA) is 12.0 Å². The molecule has 1 heteroatoms. The predicted molar refractivity (Wildman–Crippen MR) is 90.4 cm³/mol. The van der Waals surface area contributed by atoms with Gasteiger partial charge < -0.3 is 5.32 Å². The van der Waals surface area contributed by atoms with Crippen LogP contribution in [-0.2, 0) is 6.54 Å². The first kappa shape index (κ1) is 13.8. The van der Waals surface area contributed by atoms with Crippen molar-refractivity contribution >= 4 is 10.8 Å². The molecule has 1 atom stereocenters. The minimum atomic E-state index is 0.343. The Labute approximate surface area is 126 Å². The number of rotatable bonds is 4. The summed E-state index contributed by atoms with van der Waals surface area (Å²) < 4.78 is 0. The normalized spacial score (nSPS) is 12.5. The van der Waals surface area contributed by atoms with E-state index >= 15 is 0 Å². The van der Waals surface area contributed by atoms with Crippen LogP contribution in [0.25, 0.3) is 10.8 Å². The Kier molecular flexibility index (Phi) is 4.03. The van der Waals surface area contributed by atoms with E-state index < -0.39 is 0 Å². The van der Waals surface area contributed by atoms with Crippen molar-refractivity contribution in [3.8, 4) is 0 Å². The zero-order valence-corrected chi connectivity index (χ0v) is 12.6. The van der Waals surface area contributed by atoms with E-state index in [0.29, 0.717) is 6.04 Å². The number of aryl methyl sites for hydroxylation is 1. The second-order valence-electron chi connectivity index (χ2n) is 5.70. The summed E-state index contributed by atoms with van der Waals surface area (Å²) in [5.41, 5.74) is 3.98. The Hall–Kier alpha value is -2.12. The smallest absolute Gasteiger partial charge is 0.0295 e. The Bertz CT molecular complexity index is 745. The van der Waals surface area contributed by atoms with Gasteiger partial charge in [0.2, 0.25) is 0 Å². The van der Waals surface area contributed by atoms with Crippen molar-refractivity contribution in [2.75, 3.05) is 0 Å². The van der Waals surface area contributed by atoms with Crippen LogP contribution in [0, 0.1) is 6.92 Å². The maximum atomic E-state index is 3.61. The quantitative estimate of drug-likeness (QED) is 0.706. The first-order chi connectivity index (χ1) is 10.2. The van der Waals surface area contributed by atoms with Gasteiger partial charge in [0.1, 0.15) is 0 Å². The predicted octanol–water partition coefficient (Wildman–Crippen LogP) is 5.00. The zero-order chi connectivity index (χ0) is 14.7. The van der Waals surface area contributed by atoms with Crippen molar-refractivity contribution in [1.82, 2.24) is 5.32 Å². The molecule has 0 spiro atoms. The number of hydrogen-bond donors (Lipinski definition) is 1. The lowest BCUT2D eigenvalue weighted by Gasteiger charge is -2.15. The van der Waals surface area contributed by atoms with E-state index in [0.717, 1.165) is 6.54 Å². The molecule has 3 aromatic carbocycles. The molecule has 0 fully saturated rings. The minimum Gasteiger partial charge on any atom is -0.306 e. The molecule has 1 unspecified atom stereocenters. The van der Waals surface area contributed by atoms with Crippen LogP contribution < -0.4 is 5.32 Å². The molecular weight excluding hydrogens is 254 g/mol. The molecule has 0 amide bonds. The first-order valence-electron chi connectivity index (χ1n) is 7.50. The van der Waals surface area contributed by atoms with Gasteiger partial charge in [-0.3, -0.25) is 0 Å². The van der Waals surface area contributed by atoms with Crippen molar-refractivity contribution < 1.29 is 0 Å². The average Bonchev–Trinajstić information content (AvgIpc) is 2.52. The Morgan fingerprint density at radius 3 is 2.48 bits per heavy atom. The largest absolute Gasteiger partial charge is 0.306 e. The highest BCUT2D eigenvalue weighted by atomic mass is 14.9. The van der Waals surface area contributed by atoms with Crippen molar-refractivity contribution in [2.24, 2.45) is 0 Å². The highest BCUT2D eigenvalue weighted by molar-refractivity contribution is 5.83. The molecule has 0 aliphatic carbocycles. The van der Waals surface area contributed by atoms with E-state index in [1.54, 1.807) is 0 Å². The summed E-state index contributed by atoms with van der Waals surface area (Å²) in [4.78, 5) is 0. The van der Waals surface area contributed by atoms with E-state index in [1.165, 1.54) is 27.5 Å². The second-order valence-corrected chi connectivity index (χ2v) is 5.70. The molecule has 0 aromatic heterocycles. The fourth-order valence-corrected chi connectivity index (χ4v) is 2.69. The van der Waals surface area contributed by atoms with Gasteiger partial charge in [0.25, 0.3) is 0 Å². The van der Waals surface area contributed by atoms with E-state index in [9.17, 15) is 0 Å². The Morgan fingerprint density at radius 2 is 1.67 bits per heavy atom. The maximum absolute atomic E-state index is 3.61. The molecule has 1 nitrogen and oxygen atoms in total. The molecule has 3 rings (SSSR count). The van der Waals surface area contributed by atoms with Crippen LogP contribution in [0.5, 0.6) is 0 Å². The van der Waals surface area contributed by atoms with E-state index in [2.05, 4.69) is 85.9 Å². The van der Waals surface area contributed by atoms with Crippen molar-refractivity contribution in [2.45, 2.75) is 26.4 Å². The van der Waals surface area contributed by atoms with Crippen LogP contribution in [0.1, 0.15) is 29.7 Å². The van der Waals surface area contributed by atoms with Gasteiger partial charge >= 0.3 is 0 Å². The molecule has 106 valence electrons. The Morgan fingerprint density at radius 1 is 0.857 bits per heavy atom. The summed E-state index contributed by atoms with van der Waals surface area (Å²) in [7, 11) is 0. The van der Waals surface area contributed by atoms with E-state index in [-0.39, 0.29) is 0 Å². The minimum absolute atomic E-state index is 0.343. The fraction of sp³-hybridized carbons (Fsp3) is 0.200. The molecule has 0 bridgehead atoms. The molecular formula is C20H21N. The molecule has 21 heavy (non-hydrogen) atoms. The molecule has 0 saturated carbocycles. The van der Waals surface area contributed by atoms with Crippen LogP contribution in [0.15, 0.2) is 66.7 Å². The lowest BCUT2D eigenvalue weighted by atomic mass is 10.0. The van der Waals surface area contributed by atoms with Crippen molar-refractivity contribution in [3.63, 3.8) is 0 Å². The summed E-state index contributed by atoms with van der Waals surface area (Å²) >= 11 is 0. The standard InChI is InChI=1S/C20H21N/c1-15-6-5-7-17(12-15)14-21-16(2)19-11-10-18-8-3-4-9-20(18)13-19/h3-13,16,21H,14H2,1-2H3. The molecule has 0 saturated heterocycles. The van der Waals surface area contributed by atoms with Crippen LogP contribution in [0.4, 0.5) is 0 Å². The molecule has 0 aliphatic rings. The zero-order valence-electron chi connectivity index (χ0n) is 12.6. The summed E-state index contributed by atoms with van der Waals surface area (Å²) in [5.74, 6) is 0. The highest BCUT2D eigenvalue weighted by Crippen LogP contribution is 2.20. The summed E-state index contributed by atoms with van der Waals surface area (Å²) in [6.07, 6.45) is 0. The first-order valence-corrected chi connectivity index (χ1v) is 7.50. The third-order valence-corrected chi connectivity index (χ3v) is 3.97. The number of nitrogens with one attached hydrogen (secondary N) is 1. The Balaban J connectivity index is 1.73. The van der Waals surface area contributed by atoms with Gasteiger partial charge in [0.15, 0.2) is 0 Å². The summed E-state index contributed by atoms with van der Waals surface area (Å²) in [6.45, 7) is 5.26. The van der Waals surface area contributed by atoms with Crippen LogP contribution in [0.2, 0.25) is 0 Å². The van der Waals surface area contributed by atoms with Gasteiger partial charge in [-0.05, 0) is 41.8 Å². The van der Waals surface area contributed by atoms with Crippen LogP contribution in [0.3, 0.4) is 0 Å². The van der Waals surface area contributed by atoms with Crippen molar-refractivity contribution in [1.29, 1.82) is 0 Å². The van der Waals surface area contributed by atoms with Crippen LogP contribution >= 0.6 is 0 Å². The summed E-state index contributed by atoms with van der Waals surface area (Å²) in [6, 6.07) is 24.2. The van der Waals surface area contributed by atoms with Crippen LogP contribution in [-0.4, -0.2) is 0 Å². The van der Waals surface area contributed by atoms with Gasteiger partial charge in [-0.1, -0.05) is 66.2 Å². The van der Waals surface area contributed by atoms with Gasteiger partial charge in [0, 0.05) is 12.6 Å². The third kappa shape index (κ3) is 3.32. The number of hydrogen-bond acceptors (Lipinski definition) is 1. The van der Waals surface area contributed by atoms with Crippen molar-refractivity contribution in [3.05, 3.63) is 83.4 Å². The molecule has 3 aromatic rings. The lowest BCUT2D eigenvalue weighted by Crippen LogP contribution is -2.18. The average molecular weight is 275 g/mol. The van der Waals surface area contributed by atoms with Gasteiger partial charge in [-0.15, -0.1) is 0 Å². The molecule has 1 N–H and O–H groups in total. The highest BCUT2D eigenvalue weighted by Gasteiger charge is 2.05.